The van der Waals surface area contributed by atoms with E-state index in [1.165, 1.54) is 11.3 Å². The van der Waals surface area contributed by atoms with Crippen molar-refractivity contribution in [3.8, 4) is 0 Å². The number of ether oxygens (including phenoxy) is 1. The van der Waals surface area contributed by atoms with Crippen LogP contribution in [0.5, 0.6) is 0 Å². The summed E-state index contributed by atoms with van der Waals surface area (Å²) in [5.74, 6) is 0.684. The van der Waals surface area contributed by atoms with Gasteiger partial charge in [0.05, 0.1) is 6.61 Å². The minimum Gasteiger partial charge on any atom is -0.450 e. The Labute approximate surface area is 143 Å². The zero-order valence-electron chi connectivity index (χ0n) is 14.5. The summed E-state index contributed by atoms with van der Waals surface area (Å²) >= 11 is 0. The van der Waals surface area contributed by atoms with Crippen LogP contribution in [0.4, 0.5) is 4.79 Å². The summed E-state index contributed by atoms with van der Waals surface area (Å²) in [5.41, 5.74) is 3.13. The van der Waals surface area contributed by atoms with E-state index in [1.54, 1.807) is 0 Å². The summed E-state index contributed by atoms with van der Waals surface area (Å²) in [6.07, 6.45) is 4.98. The Balaban J connectivity index is 1.43. The van der Waals surface area contributed by atoms with E-state index in [4.69, 9.17) is 4.74 Å². The van der Waals surface area contributed by atoms with Crippen LogP contribution >= 0.6 is 0 Å². The summed E-state index contributed by atoms with van der Waals surface area (Å²) in [6, 6.07) is 0. The first-order valence-electron chi connectivity index (χ1n) is 9.25. The predicted octanol–water partition coefficient (Wildman–Crippen LogP) is 1.72. The second-order valence-electron chi connectivity index (χ2n) is 7.74. The minimum absolute atomic E-state index is 0.172. The van der Waals surface area contributed by atoms with Crippen LogP contribution in [-0.2, 0) is 9.53 Å². The van der Waals surface area contributed by atoms with E-state index in [0.717, 1.165) is 58.4 Å². The summed E-state index contributed by atoms with van der Waals surface area (Å²) in [5, 5.41) is 3.01. The average molecular weight is 333 g/mol. The number of carbonyl (C=O) groups excluding carboxylic acids is 2. The molecule has 0 aromatic heterocycles. The SMILES string of the molecule is CCOC(=O)N1CC2=C(N3CCC4(CC3)CNC(=O)C4)C(CC2)C1. The number of hydrogen-bond donors (Lipinski definition) is 1. The van der Waals surface area contributed by atoms with Crippen LogP contribution in [0.3, 0.4) is 0 Å². The number of likely N-dealkylation sites (tertiary alicyclic amines) is 2. The van der Waals surface area contributed by atoms with Gasteiger partial charge >= 0.3 is 6.09 Å². The van der Waals surface area contributed by atoms with Crippen molar-refractivity contribution in [2.45, 2.75) is 39.0 Å². The Morgan fingerprint density at radius 3 is 2.79 bits per heavy atom. The molecule has 0 saturated carbocycles. The van der Waals surface area contributed by atoms with E-state index in [2.05, 4.69) is 10.2 Å². The second kappa shape index (κ2) is 5.97. The van der Waals surface area contributed by atoms with Gasteiger partial charge in [0.2, 0.25) is 5.91 Å². The van der Waals surface area contributed by atoms with E-state index in [1.807, 2.05) is 11.8 Å². The van der Waals surface area contributed by atoms with Crippen LogP contribution in [0.1, 0.15) is 39.0 Å². The maximum absolute atomic E-state index is 12.0. The van der Waals surface area contributed by atoms with Gasteiger partial charge in [-0.2, -0.15) is 0 Å². The first kappa shape index (κ1) is 15.8. The molecule has 4 rings (SSSR count). The van der Waals surface area contributed by atoms with Crippen LogP contribution in [0.2, 0.25) is 0 Å². The molecule has 3 heterocycles. The van der Waals surface area contributed by atoms with Crippen molar-refractivity contribution in [2.75, 3.05) is 39.3 Å². The Hall–Kier alpha value is -1.72. The molecule has 1 aliphatic carbocycles. The Morgan fingerprint density at radius 1 is 1.38 bits per heavy atom. The molecule has 6 heteroatoms. The molecule has 3 aliphatic heterocycles. The fourth-order valence-electron chi connectivity index (χ4n) is 4.96. The topological polar surface area (TPSA) is 61.9 Å². The number of rotatable bonds is 2. The van der Waals surface area contributed by atoms with Gasteiger partial charge in [0.15, 0.2) is 0 Å². The lowest BCUT2D eigenvalue weighted by atomic mass is 9.77. The largest absolute Gasteiger partial charge is 0.450 e. The first-order chi connectivity index (χ1) is 11.6. The van der Waals surface area contributed by atoms with E-state index in [-0.39, 0.29) is 17.4 Å². The number of piperidine rings is 1. The highest BCUT2D eigenvalue weighted by atomic mass is 16.6. The van der Waals surface area contributed by atoms with Gasteiger partial charge in [-0.15, -0.1) is 0 Å². The quantitative estimate of drug-likeness (QED) is 0.836. The normalized spacial score (nSPS) is 28.5. The summed E-state index contributed by atoms with van der Waals surface area (Å²) in [7, 11) is 0. The minimum atomic E-state index is -0.172. The van der Waals surface area contributed by atoms with Crippen LogP contribution in [0, 0.1) is 11.3 Å². The highest BCUT2D eigenvalue weighted by molar-refractivity contribution is 5.79. The molecular formula is C18H27N3O3. The highest BCUT2D eigenvalue weighted by Crippen LogP contribution is 2.44. The molecular weight excluding hydrogens is 306 g/mol. The molecule has 2 fully saturated rings. The van der Waals surface area contributed by atoms with Crippen molar-refractivity contribution in [3.63, 3.8) is 0 Å². The first-order valence-corrected chi connectivity index (χ1v) is 9.25. The Bertz CT molecular complexity index is 578. The Kier molecular flexibility index (Phi) is 3.93. The number of hydrogen-bond acceptors (Lipinski definition) is 4. The zero-order chi connectivity index (χ0) is 16.7. The number of nitrogens with zero attached hydrogens (tertiary/aromatic N) is 2. The van der Waals surface area contributed by atoms with Gasteiger partial charge in [0, 0.05) is 50.8 Å². The third-order valence-electron chi connectivity index (χ3n) is 6.25. The van der Waals surface area contributed by atoms with Crippen molar-refractivity contribution in [1.29, 1.82) is 0 Å². The lowest BCUT2D eigenvalue weighted by Gasteiger charge is -2.43. The van der Waals surface area contributed by atoms with Crippen molar-refractivity contribution >= 4 is 12.0 Å². The molecule has 2 amide bonds. The monoisotopic (exact) mass is 333 g/mol. The summed E-state index contributed by atoms with van der Waals surface area (Å²) in [6.45, 7) is 6.75. The predicted molar refractivity (Wildman–Crippen MR) is 89.2 cm³/mol. The van der Waals surface area contributed by atoms with Crippen molar-refractivity contribution < 1.29 is 14.3 Å². The Morgan fingerprint density at radius 2 is 2.17 bits per heavy atom. The van der Waals surface area contributed by atoms with Crippen molar-refractivity contribution in [3.05, 3.63) is 11.3 Å². The van der Waals surface area contributed by atoms with E-state index < -0.39 is 0 Å². The third-order valence-corrected chi connectivity index (χ3v) is 6.25. The van der Waals surface area contributed by atoms with Gasteiger partial charge in [-0.25, -0.2) is 4.79 Å². The van der Waals surface area contributed by atoms with E-state index in [0.29, 0.717) is 18.9 Å². The molecule has 1 unspecified atom stereocenters. The molecule has 132 valence electrons. The number of amides is 2. The molecule has 2 bridgehead atoms. The fraction of sp³-hybridized carbons (Fsp3) is 0.778. The third kappa shape index (κ3) is 2.66. The standard InChI is InChI=1S/C18H27N3O3/c1-2-24-17(23)21-10-13-3-4-14(11-21)16(13)20-7-5-18(6-8-20)9-15(22)19-12-18/h13H,2-12H2,1H3,(H,19,22). The summed E-state index contributed by atoms with van der Waals surface area (Å²) in [4.78, 5) is 28.0. The molecule has 1 atom stereocenters. The van der Waals surface area contributed by atoms with Crippen molar-refractivity contribution in [1.82, 2.24) is 15.1 Å². The molecule has 1 spiro atoms. The lowest BCUT2D eigenvalue weighted by molar-refractivity contribution is -0.119. The molecule has 0 radical (unpaired) electrons. The molecule has 4 aliphatic rings. The maximum atomic E-state index is 12.0. The van der Waals surface area contributed by atoms with Gasteiger partial charge in [-0.3, -0.25) is 4.79 Å². The van der Waals surface area contributed by atoms with Gasteiger partial charge < -0.3 is 19.9 Å². The fourth-order valence-corrected chi connectivity index (χ4v) is 4.96. The number of nitrogens with one attached hydrogen (secondary N) is 1. The second-order valence-corrected chi connectivity index (χ2v) is 7.74. The maximum Gasteiger partial charge on any atom is 0.410 e. The van der Waals surface area contributed by atoms with Crippen LogP contribution in [0.15, 0.2) is 11.3 Å². The number of carbonyl (C=O) groups is 2. The van der Waals surface area contributed by atoms with Gasteiger partial charge in [-0.05, 0) is 43.6 Å². The molecule has 0 aromatic rings. The molecule has 24 heavy (non-hydrogen) atoms. The average Bonchev–Trinajstić information content (AvgIpc) is 3.05. The molecule has 0 aromatic carbocycles. The highest BCUT2D eigenvalue weighted by Gasteiger charge is 2.44. The van der Waals surface area contributed by atoms with Gasteiger partial charge in [0.1, 0.15) is 0 Å². The van der Waals surface area contributed by atoms with Crippen LogP contribution in [-0.4, -0.2) is 61.1 Å². The van der Waals surface area contributed by atoms with Crippen LogP contribution in [0.25, 0.3) is 0 Å². The molecule has 6 nitrogen and oxygen atoms in total. The molecule has 1 N–H and O–H groups in total. The van der Waals surface area contributed by atoms with Crippen molar-refractivity contribution in [2.24, 2.45) is 11.3 Å². The zero-order valence-corrected chi connectivity index (χ0v) is 14.5. The van der Waals surface area contributed by atoms with E-state index in [9.17, 15) is 9.59 Å². The number of fused-ring (bicyclic) bond motifs is 1. The van der Waals surface area contributed by atoms with Crippen LogP contribution < -0.4 is 5.32 Å². The summed E-state index contributed by atoms with van der Waals surface area (Å²) < 4.78 is 5.17. The lowest BCUT2D eigenvalue weighted by Crippen LogP contribution is -2.46. The van der Waals surface area contributed by atoms with Gasteiger partial charge in [-0.1, -0.05) is 0 Å². The smallest absolute Gasteiger partial charge is 0.410 e. The van der Waals surface area contributed by atoms with E-state index >= 15 is 0 Å². The van der Waals surface area contributed by atoms with Gasteiger partial charge in [0.25, 0.3) is 0 Å². The molecule has 2 saturated heterocycles.